The predicted octanol–water partition coefficient (Wildman–Crippen LogP) is 1.67. The minimum absolute atomic E-state index is 0.0331. The summed E-state index contributed by atoms with van der Waals surface area (Å²) in [6, 6.07) is 6.80. The van der Waals surface area contributed by atoms with Gasteiger partial charge in [0.1, 0.15) is 5.82 Å². The van der Waals surface area contributed by atoms with Gasteiger partial charge in [-0.25, -0.2) is 4.39 Å². The lowest BCUT2D eigenvalue weighted by Gasteiger charge is -2.36. The normalized spacial score (nSPS) is 21.5. The second-order valence-corrected chi connectivity index (χ2v) is 7.16. The van der Waals surface area contributed by atoms with E-state index in [0.29, 0.717) is 5.56 Å². The first-order chi connectivity index (χ1) is 12.7. The molecule has 1 atom stereocenters. The van der Waals surface area contributed by atoms with Crippen molar-refractivity contribution >= 4 is 5.91 Å². The quantitative estimate of drug-likeness (QED) is 0.801. The number of nitrogens with zero attached hydrogens (tertiary/aromatic N) is 2. The van der Waals surface area contributed by atoms with E-state index in [1.807, 2.05) is 4.90 Å². The number of nitrogens with one attached hydrogen (secondary N) is 1. The zero-order chi connectivity index (χ0) is 18.2. The monoisotopic (exact) mass is 363 g/mol. The van der Waals surface area contributed by atoms with Gasteiger partial charge in [0.2, 0.25) is 5.91 Å². The smallest absolute Gasteiger partial charge is 0.227 e. The second-order valence-electron chi connectivity index (χ2n) is 7.16. The Morgan fingerprint density at radius 2 is 2.12 bits per heavy atom. The van der Waals surface area contributed by atoms with Gasteiger partial charge in [0.05, 0.1) is 19.6 Å². The Bertz CT molecular complexity index is 572. The van der Waals surface area contributed by atoms with Crippen LogP contribution in [0.1, 0.15) is 24.8 Å². The average Bonchev–Trinajstić information content (AvgIpc) is 2.68. The second kappa shape index (κ2) is 10.00. The maximum absolute atomic E-state index is 13.9. The Balaban J connectivity index is 1.58. The molecule has 1 unspecified atom stereocenters. The number of hydrogen-bond donors (Lipinski definition) is 1. The molecular weight excluding hydrogens is 333 g/mol. The van der Waals surface area contributed by atoms with Crippen LogP contribution in [-0.4, -0.2) is 74.2 Å². The van der Waals surface area contributed by atoms with Gasteiger partial charge >= 0.3 is 0 Å². The minimum Gasteiger partial charge on any atom is -0.379 e. The SMILES string of the molecule is O=C(Cc1ccccc1F)N(CCCN1CCOCC1)C1CCCNC1. The highest BCUT2D eigenvalue weighted by Crippen LogP contribution is 2.15. The van der Waals surface area contributed by atoms with Crippen molar-refractivity contribution < 1.29 is 13.9 Å². The van der Waals surface area contributed by atoms with E-state index < -0.39 is 0 Å². The Morgan fingerprint density at radius 3 is 2.85 bits per heavy atom. The average molecular weight is 363 g/mol. The van der Waals surface area contributed by atoms with Crippen molar-refractivity contribution in [3.05, 3.63) is 35.6 Å². The molecule has 0 bridgehead atoms. The first kappa shape index (κ1) is 19.3. The maximum Gasteiger partial charge on any atom is 0.227 e. The van der Waals surface area contributed by atoms with Crippen LogP contribution < -0.4 is 5.32 Å². The van der Waals surface area contributed by atoms with Crippen molar-refractivity contribution in [2.24, 2.45) is 0 Å². The highest BCUT2D eigenvalue weighted by molar-refractivity contribution is 5.79. The molecule has 0 spiro atoms. The number of hydrogen-bond acceptors (Lipinski definition) is 4. The highest BCUT2D eigenvalue weighted by atomic mass is 19.1. The molecule has 0 radical (unpaired) electrons. The number of halogens is 1. The summed E-state index contributed by atoms with van der Waals surface area (Å²) in [5, 5.41) is 3.39. The molecule has 6 heteroatoms. The van der Waals surface area contributed by atoms with Gasteiger partial charge in [-0.05, 0) is 37.4 Å². The van der Waals surface area contributed by atoms with Gasteiger partial charge in [0.15, 0.2) is 0 Å². The third-order valence-corrected chi connectivity index (χ3v) is 5.31. The molecule has 3 rings (SSSR count). The Labute approximate surface area is 155 Å². The first-order valence-corrected chi connectivity index (χ1v) is 9.78. The van der Waals surface area contributed by atoms with Gasteiger partial charge in [0.25, 0.3) is 0 Å². The summed E-state index contributed by atoms with van der Waals surface area (Å²) < 4.78 is 19.3. The fourth-order valence-corrected chi connectivity index (χ4v) is 3.81. The van der Waals surface area contributed by atoms with E-state index in [9.17, 15) is 9.18 Å². The lowest BCUT2D eigenvalue weighted by molar-refractivity contribution is -0.133. The minimum atomic E-state index is -0.295. The van der Waals surface area contributed by atoms with Crippen LogP contribution in [0.3, 0.4) is 0 Å². The molecule has 0 aliphatic carbocycles. The predicted molar refractivity (Wildman–Crippen MR) is 99.6 cm³/mol. The van der Waals surface area contributed by atoms with Crippen molar-refractivity contribution in [2.75, 3.05) is 52.5 Å². The number of ether oxygens (including phenoxy) is 1. The molecule has 144 valence electrons. The number of piperidine rings is 1. The summed E-state index contributed by atoms with van der Waals surface area (Å²) in [7, 11) is 0. The molecule has 0 aromatic heterocycles. The topological polar surface area (TPSA) is 44.8 Å². The van der Waals surface area contributed by atoms with Gasteiger partial charge in [-0.2, -0.15) is 0 Å². The van der Waals surface area contributed by atoms with Crippen LogP contribution in [0.5, 0.6) is 0 Å². The highest BCUT2D eigenvalue weighted by Gasteiger charge is 2.26. The Hall–Kier alpha value is -1.50. The number of benzene rings is 1. The molecule has 2 aliphatic rings. The summed E-state index contributed by atoms with van der Waals surface area (Å²) in [5.41, 5.74) is 0.486. The van der Waals surface area contributed by atoms with Crippen molar-refractivity contribution in [3.63, 3.8) is 0 Å². The lowest BCUT2D eigenvalue weighted by atomic mass is 10.0. The van der Waals surface area contributed by atoms with E-state index in [1.165, 1.54) is 6.07 Å². The van der Waals surface area contributed by atoms with Crippen molar-refractivity contribution in [1.29, 1.82) is 0 Å². The number of carbonyl (C=O) groups excluding carboxylic acids is 1. The molecular formula is C20H30FN3O2. The van der Waals surface area contributed by atoms with E-state index in [1.54, 1.807) is 18.2 Å². The van der Waals surface area contributed by atoms with Gasteiger partial charge in [0, 0.05) is 38.8 Å². The molecule has 2 heterocycles. The van der Waals surface area contributed by atoms with Crippen LogP contribution in [-0.2, 0) is 16.0 Å². The van der Waals surface area contributed by atoms with E-state index in [4.69, 9.17) is 4.74 Å². The third kappa shape index (κ3) is 5.50. The third-order valence-electron chi connectivity index (χ3n) is 5.31. The van der Waals surface area contributed by atoms with Gasteiger partial charge < -0.3 is 15.0 Å². The number of amides is 1. The van der Waals surface area contributed by atoms with E-state index in [0.717, 1.165) is 71.7 Å². The summed E-state index contributed by atoms with van der Waals surface area (Å²) in [5.74, 6) is -0.262. The van der Waals surface area contributed by atoms with Crippen LogP contribution in [0.4, 0.5) is 4.39 Å². The molecule has 1 aromatic carbocycles. The molecule has 1 amide bonds. The molecule has 26 heavy (non-hydrogen) atoms. The molecule has 1 N–H and O–H groups in total. The largest absolute Gasteiger partial charge is 0.379 e. The van der Waals surface area contributed by atoms with Crippen LogP contribution in [0, 0.1) is 5.82 Å². The Morgan fingerprint density at radius 1 is 1.31 bits per heavy atom. The summed E-state index contributed by atoms with van der Waals surface area (Å²) in [4.78, 5) is 17.3. The molecule has 2 fully saturated rings. The zero-order valence-corrected chi connectivity index (χ0v) is 15.5. The van der Waals surface area contributed by atoms with Crippen LogP contribution in [0.25, 0.3) is 0 Å². The van der Waals surface area contributed by atoms with Crippen LogP contribution >= 0.6 is 0 Å². The summed E-state index contributed by atoms with van der Waals surface area (Å²) in [6.07, 6.45) is 3.19. The number of rotatable bonds is 7. The molecule has 2 saturated heterocycles. The number of carbonyl (C=O) groups is 1. The molecule has 1 aromatic rings. The van der Waals surface area contributed by atoms with Crippen molar-refractivity contribution in [2.45, 2.75) is 31.7 Å². The number of morpholine rings is 1. The zero-order valence-electron chi connectivity index (χ0n) is 15.5. The lowest BCUT2D eigenvalue weighted by Crippen LogP contribution is -2.50. The van der Waals surface area contributed by atoms with Crippen molar-refractivity contribution in [3.8, 4) is 0 Å². The van der Waals surface area contributed by atoms with Crippen molar-refractivity contribution in [1.82, 2.24) is 15.1 Å². The molecule has 5 nitrogen and oxygen atoms in total. The van der Waals surface area contributed by atoms with Gasteiger partial charge in [-0.3, -0.25) is 9.69 Å². The fourth-order valence-electron chi connectivity index (χ4n) is 3.81. The van der Waals surface area contributed by atoms with Crippen LogP contribution in [0.15, 0.2) is 24.3 Å². The Kier molecular flexibility index (Phi) is 7.41. The van der Waals surface area contributed by atoms with E-state index >= 15 is 0 Å². The molecule has 2 aliphatic heterocycles. The standard InChI is InChI=1S/C20H30FN3O2/c21-19-7-2-1-5-17(19)15-20(25)24(18-6-3-8-22-16-18)10-4-9-23-11-13-26-14-12-23/h1-2,5,7,18,22H,3-4,6,8-16H2. The fraction of sp³-hybridized carbons (Fsp3) is 0.650. The van der Waals surface area contributed by atoms with Gasteiger partial charge in [-0.1, -0.05) is 18.2 Å². The van der Waals surface area contributed by atoms with E-state index in [-0.39, 0.29) is 24.2 Å². The van der Waals surface area contributed by atoms with Gasteiger partial charge in [-0.15, -0.1) is 0 Å². The first-order valence-electron chi connectivity index (χ1n) is 9.78. The summed E-state index contributed by atoms with van der Waals surface area (Å²) >= 11 is 0. The maximum atomic E-state index is 13.9. The van der Waals surface area contributed by atoms with Crippen LogP contribution in [0.2, 0.25) is 0 Å². The molecule has 0 saturated carbocycles. The summed E-state index contributed by atoms with van der Waals surface area (Å²) in [6.45, 7) is 7.08. The van der Waals surface area contributed by atoms with E-state index in [2.05, 4.69) is 10.2 Å².